The van der Waals surface area contributed by atoms with Crippen LogP contribution >= 0.6 is 11.5 Å². The fourth-order valence-electron chi connectivity index (χ4n) is 2.05. The van der Waals surface area contributed by atoms with E-state index < -0.39 is 0 Å². The maximum absolute atomic E-state index is 5.97. The van der Waals surface area contributed by atoms with Crippen LogP contribution in [-0.2, 0) is 6.42 Å². The highest BCUT2D eigenvalue weighted by Crippen LogP contribution is 2.17. The van der Waals surface area contributed by atoms with Crippen LogP contribution in [-0.4, -0.2) is 29.1 Å². The van der Waals surface area contributed by atoms with Crippen molar-refractivity contribution < 1.29 is 4.74 Å². The van der Waals surface area contributed by atoms with Gasteiger partial charge in [-0.3, -0.25) is 0 Å². The molecule has 0 bridgehead atoms. The van der Waals surface area contributed by atoms with Gasteiger partial charge < -0.3 is 15.8 Å². The Morgan fingerprint density at radius 1 is 1.43 bits per heavy atom. The lowest BCUT2D eigenvalue weighted by Crippen LogP contribution is -2.28. The predicted molar refractivity (Wildman–Crippen MR) is 87.1 cm³/mol. The van der Waals surface area contributed by atoms with E-state index in [1.54, 1.807) is 7.11 Å². The number of nitrogens with two attached hydrogens (primary N) is 1. The molecular weight excluding hydrogens is 284 g/mol. The number of nitrogens with one attached hydrogen (secondary N) is 1. The molecule has 2 aromatic rings. The van der Waals surface area contributed by atoms with E-state index in [4.69, 9.17) is 10.5 Å². The summed E-state index contributed by atoms with van der Waals surface area (Å²) in [6.07, 6.45) is 2.82. The van der Waals surface area contributed by atoms with Gasteiger partial charge in [-0.05, 0) is 24.1 Å². The van der Waals surface area contributed by atoms with Crippen molar-refractivity contribution in [2.75, 3.05) is 19.0 Å². The molecule has 1 atom stereocenters. The van der Waals surface area contributed by atoms with Gasteiger partial charge in [-0.15, -0.1) is 0 Å². The van der Waals surface area contributed by atoms with E-state index in [1.807, 2.05) is 24.3 Å². The monoisotopic (exact) mass is 306 g/mol. The van der Waals surface area contributed by atoms with Crippen molar-refractivity contribution in [3.63, 3.8) is 0 Å². The summed E-state index contributed by atoms with van der Waals surface area (Å²) in [6.45, 7) is 2.87. The quantitative estimate of drug-likeness (QED) is 0.784. The molecule has 6 heteroatoms. The first-order valence-electron chi connectivity index (χ1n) is 7.16. The van der Waals surface area contributed by atoms with Gasteiger partial charge in [0.25, 0.3) is 0 Å². The van der Waals surface area contributed by atoms with E-state index >= 15 is 0 Å². The lowest BCUT2D eigenvalue weighted by molar-refractivity contribution is 0.414. The third kappa shape index (κ3) is 4.99. The van der Waals surface area contributed by atoms with E-state index in [-0.39, 0.29) is 6.04 Å². The Bertz CT molecular complexity index is 558. The molecule has 2 rings (SSSR count). The second kappa shape index (κ2) is 7.95. The van der Waals surface area contributed by atoms with Crippen LogP contribution in [0.3, 0.4) is 0 Å². The highest BCUT2D eigenvalue weighted by atomic mass is 32.1. The normalized spacial score (nSPS) is 12.1. The Balaban J connectivity index is 1.90. The van der Waals surface area contributed by atoms with E-state index in [9.17, 15) is 0 Å². The van der Waals surface area contributed by atoms with E-state index in [2.05, 4.69) is 21.6 Å². The number of nitrogens with zero attached hydrogens (tertiary/aromatic N) is 2. The standard InChI is InChI=1S/C15H22N4OS/c1-3-5-12(16)10-17-15-18-14(19-21-15)9-11-6-4-7-13(8-11)20-2/h4,6-8,12H,3,5,9-10,16H2,1-2H3,(H,17,18,19). The molecule has 0 saturated carbocycles. The van der Waals surface area contributed by atoms with Gasteiger partial charge in [-0.1, -0.05) is 25.5 Å². The molecule has 0 spiro atoms. The molecule has 0 aliphatic heterocycles. The van der Waals surface area contributed by atoms with Gasteiger partial charge in [0, 0.05) is 30.5 Å². The Kier molecular flexibility index (Phi) is 5.95. The van der Waals surface area contributed by atoms with Crippen LogP contribution in [0.4, 0.5) is 5.13 Å². The predicted octanol–water partition coefficient (Wildman–Crippen LogP) is 2.68. The zero-order valence-electron chi connectivity index (χ0n) is 12.5. The third-order valence-corrected chi connectivity index (χ3v) is 3.85. The van der Waals surface area contributed by atoms with Crippen molar-refractivity contribution in [3.8, 4) is 5.75 Å². The highest BCUT2D eigenvalue weighted by Gasteiger charge is 2.07. The van der Waals surface area contributed by atoms with E-state index in [0.717, 1.165) is 41.7 Å². The van der Waals surface area contributed by atoms with Crippen LogP contribution < -0.4 is 15.8 Å². The molecule has 1 aromatic heterocycles. The highest BCUT2D eigenvalue weighted by molar-refractivity contribution is 7.09. The smallest absolute Gasteiger partial charge is 0.202 e. The number of hydrogen-bond acceptors (Lipinski definition) is 6. The summed E-state index contributed by atoms with van der Waals surface area (Å²) in [5.74, 6) is 1.67. The summed E-state index contributed by atoms with van der Waals surface area (Å²) in [5, 5.41) is 4.09. The number of benzene rings is 1. The molecule has 3 N–H and O–H groups in total. The number of hydrogen-bond donors (Lipinski definition) is 2. The third-order valence-electron chi connectivity index (χ3n) is 3.14. The van der Waals surface area contributed by atoms with Gasteiger partial charge >= 0.3 is 0 Å². The van der Waals surface area contributed by atoms with Gasteiger partial charge in [-0.25, -0.2) is 4.98 Å². The summed E-state index contributed by atoms with van der Waals surface area (Å²) >= 11 is 1.38. The van der Waals surface area contributed by atoms with Gasteiger partial charge in [0.2, 0.25) is 5.13 Å². The molecule has 1 unspecified atom stereocenters. The number of rotatable bonds is 8. The molecule has 0 fully saturated rings. The number of aromatic nitrogens is 2. The van der Waals surface area contributed by atoms with Crippen LogP contribution in [0.15, 0.2) is 24.3 Å². The molecule has 5 nitrogen and oxygen atoms in total. The summed E-state index contributed by atoms with van der Waals surface area (Å²) < 4.78 is 9.60. The number of anilines is 1. The minimum absolute atomic E-state index is 0.167. The van der Waals surface area contributed by atoms with Crippen LogP contribution in [0.25, 0.3) is 0 Å². The summed E-state index contributed by atoms with van der Waals surface area (Å²) in [7, 11) is 1.67. The van der Waals surface area contributed by atoms with Gasteiger partial charge in [-0.2, -0.15) is 4.37 Å². The van der Waals surface area contributed by atoms with Gasteiger partial charge in [0.05, 0.1) is 7.11 Å². The molecule has 0 aliphatic carbocycles. The van der Waals surface area contributed by atoms with Crippen LogP contribution in [0, 0.1) is 0 Å². The van der Waals surface area contributed by atoms with Crippen LogP contribution in [0.1, 0.15) is 31.2 Å². The Morgan fingerprint density at radius 2 is 2.29 bits per heavy atom. The summed E-state index contributed by atoms with van der Waals surface area (Å²) in [4.78, 5) is 4.49. The molecular formula is C15H22N4OS. The SMILES string of the molecule is CCCC(N)CNc1nc(Cc2cccc(OC)c2)ns1. The average molecular weight is 306 g/mol. The van der Waals surface area contributed by atoms with Crippen LogP contribution in [0.5, 0.6) is 5.75 Å². The van der Waals surface area contributed by atoms with Crippen molar-refractivity contribution in [3.05, 3.63) is 35.7 Å². The largest absolute Gasteiger partial charge is 0.497 e. The summed E-state index contributed by atoms with van der Waals surface area (Å²) in [6, 6.07) is 8.13. The number of ether oxygens (including phenoxy) is 1. The van der Waals surface area contributed by atoms with Crippen LogP contribution in [0.2, 0.25) is 0 Å². The molecule has 0 saturated heterocycles. The second-order valence-corrected chi connectivity index (χ2v) is 5.73. The molecule has 1 heterocycles. The summed E-state index contributed by atoms with van der Waals surface area (Å²) in [5.41, 5.74) is 7.11. The second-order valence-electron chi connectivity index (χ2n) is 4.97. The van der Waals surface area contributed by atoms with E-state index in [0.29, 0.717) is 6.42 Å². The average Bonchev–Trinajstić information content (AvgIpc) is 2.93. The maximum Gasteiger partial charge on any atom is 0.202 e. The molecule has 0 radical (unpaired) electrons. The zero-order chi connectivity index (χ0) is 15.1. The molecule has 0 aliphatic rings. The van der Waals surface area contributed by atoms with Crippen molar-refractivity contribution >= 4 is 16.7 Å². The van der Waals surface area contributed by atoms with Crippen molar-refractivity contribution in [2.45, 2.75) is 32.2 Å². The maximum atomic E-state index is 5.97. The fourth-order valence-corrected chi connectivity index (χ4v) is 2.65. The first-order chi connectivity index (χ1) is 10.2. The molecule has 21 heavy (non-hydrogen) atoms. The molecule has 0 amide bonds. The Labute approximate surface area is 129 Å². The van der Waals surface area contributed by atoms with Crippen molar-refractivity contribution in [1.82, 2.24) is 9.36 Å². The minimum atomic E-state index is 0.167. The lowest BCUT2D eigenvalue weighted by atomic mass is 10.1. The molecule has 114 valence electrons. The van der Waals surface area contributed by atoms with Crippen molar-refractivity contribution in [1.29, 1.82) is 0 Å². The lowest BCUT2D eigenvalue weighted by Gasteiger charge is -2.09. The Morgan fingerprint density at radius 3 is 3.05 bits per heavy atom. The fraction of sp³-hybridized carbons (Fsp3) is 0.467. The topological polar surface area (TPSA) is 73.1 Å². The zero-order valence-corrected chi connectivity index (χ0v) is 13.3. The molecule has 1 aromatic carbocycles. The van der Waals surface area contributed by atoms with Gasteiger partial charge in [0.15, 0.2) is 0 Å². The van der Waals surface area contributed by atoms with Gasteiger partial charge in [0.1, 0.15) is 11.6 Å². The Hall–Kier alpha value is -1.66. The van der Waals surface area contributed by atoms with E-state index in [1.165, 1.54) is 11.5 Å². The number of methoxy groups -OCH3 is 1. The van der Waals surface area contributed by atoms with Crippen molar-refractivity contribution in [2.24, 2.45) is 5.73 Å². The first-order valence-corrected chi connectivity index (χ1v) is 7.93. The first kappa shape index (κ1) is 15.7. The minimum Gasteiger partial charge on any atom is -0.497 e.